The van der Waals surface area contributed by atoms with E-state index >= 15 is 4.39 Å². The van der Waals surface area contributed by atoms with Crippen molar-refractivity contribution in [2.75, 3.05) is 31.2 Å². The predicted molar refractivity (Wildman–Crippen MR) is 145 cm³/mol. The fourth-order valence-electron chi connectivity index (χ4n) is 5.50. The molecule has 5 heterocycles. The van der Waals surface area contributed by atoms with Gasteiger partial charge in [-0.15, -0.1) is 0 Å². The van der Waals surface area contributed by atoms with Crippen LogP contribution in [0.25, 0.3) is 22.2 Å². The Bertz CT molecular complexity index is 1470. The van der Waals surface area contributed by atoms with Crippen molar-refractivity contribution in [2.45, 2.75) is 31.4 Å². The maximum atomic E-state index is 15.3. The average Bonchev–Trinajstić information content (AvgIpc) is 3.31. The summed E-state index contributed by atoms with van der Waals surface area (Å²) < 4.78 is 26.9. The molecule has 4 aromatic rings. The van der Waals surface area contributed by atoms with Crippen molar-refractivity contribution in [3.05, 3.63) is 64.3 Å². The lowest BCUT2D eigenvalue weighted by Gasteiger charge is -2.53. The number of pyridine rings is 2. The number of ether oxygens (including phenoxy) is 2. The molecule has 0 unspecified atom stereocenters. The van der Waals surface area contributed by atoms with Crippen LogP contribution in [0.4, 0.5) is 10.2 Å². The van der Waals surface area contributed by atoms with E-state index in [9.17, 15) is 0 Å². The second-order valence-corrected chi connectivity index (χ2v) is 10.9. The minimum atomic E-state index is -0.420. The number of nitrogens with one attached hydrogen (secondary N) is 1. The Morgan fingerprint density at radius 3 is 2.61 bits per heavy atom. The molecule has 0 bridgehead atoms. The third kappa shape index (κ3) is 4.58. The zero-order valence-electron chi connectivity index (χ0n) is 20.8. The van der Waals surface area contributed by atoms with E-state index in [0.717, 1.165) is 37.0 Å². The lowest BCUT2D eigenvalue weighted by molar-refractivity contribution is 0.0305. The molecule has 198 valence electrons. The number of halogens is 3. The van der Waals surface area contributed by atoms with Gasteiger partial charge in [0.2, 0.25) is 0 Å². The zero-order chi connectivity index (χ0) is 26.4. The van der Waals surface area contributed by atoms with Crippen LogP contribution in [0.5, 0.6) is 5.75 Å². The van der Waals surface area contributed by atoms with Gasteiger partial charge in [0.15, 0.2) is 11.6 Å². The highest BCUT2D eigenvalue weighted by molar-refractivity contribution is 6.35. The third-order valence-corrected chi connectivity index (χ3v) is 8.15. The van der Waals surface area contributed by atoms with E-state index in [0.29, 0.717) is 57.4 Å². The van der Waals surface area contributed by atoms with Gasteiger partial charge in [-0.3, -0.25) is 10.1 Å². The highest BCUT2D eigenvalue weighted by Gasteiger charge is 2.47. The topological polar surface area (TPSA) is 102 Å². The van der Waals surface area contributed by atoms with Crippen LogP contribution in [0.2, 0.25) is 10.0 Å². The zero-order valence-corrected chi connectivity index (χ0v) is 22.3. The molecule has 2 aliphatic heterocycles. The van der Waals surface area contributed by atoms with Gasteiger partial charge in [0.05, 0.1) is 21.1 Å². The predicted octanol–water partition coefficient (Wildman–Crippen LogP) is 5.55. The van der Waals surface area contributed by atoms with E-state index in [1.165, 1.54) is 18.5 Å². The number of anilines is 1. The second-order valence-electron chi connectivity index (χ2n) is 10.1. The molecule has 3 aromatic heterocycles. The van der Waals surface area contributed by atoms with E-state index in [4.69, 9.17) is 38.4 Å². The molecule has 2 fully saturated rings. The number of rotatable bonds is 6. The maximum absolute atomic E-state index is 15.3. The number of H-pyrrole nitrogens is 1. The Morgan fingerprint density at radius 1 is 1.16 bits per heavy atom. The summed E-state index contributed by atoms with van der Waals surface area (Å²) in [6.07, 6.45) is 6.17. The monoisotopic (exact) mass is 556 g/mol. The normalized spacial score (nSPS) is 18.4. The number of hydrogen-bond donors (Lipinski definition) is 2. The fourth-order valence-corrected chi connectivity index (χ4v) is 6.17. The van der Waals surface area contributed by atoms with Crippen molar-refractivity contribution >= 4 is 39.9 Å². The van der Waals surface area contributed by atoms with Gasteiger partial charge in [-0.25, -0.2) is 9.37 Å². The van der Waals surface area contributed by atoms with Crippen LogP contribution in [0, 0.1) is 11.7 Å². The lowest BCUT2D eigenvalue weighted by Crippen LogP contribution is -2.72. The van der Waals surface area contributed by atoms with Crippen molar-refractivity contribution in [3.63, 3.8) is 0 Å². The van der Waals surface area contributed by atoms with Gasteiger partial charge in [0, 0.05) is 61.4 Å². The molecular formula is C27H27Cl2FN6O2. The molecule has 0 saturated carbocycles. The number of benzene rings is 1. The molecule has 0 spiro atoms. The summed E-state index contributed by atoms with van der Waals surface area (Å²) >= 11 is 12.6. The molecule has 0 radical (unpaired) electrons. The first-order valence-electron chi connectivity index (χ1n) is 12.5. The summed E-state index contributed by atoms with van der Waals surface area (Å²) in [5.41, 5.74) is 8.89. The van der Waals surface area contributed by atoms with Crippen molar-refractivity contribution in [1.29, 1.82) is 0 Å². The number of fused-ring (bicyclic) bond motifs is 1. The minimum absolute atomic E-state index is 0.311. The first-order valence-corrected chi connectivity index (χ1v) is 13.3. The van der Waals surface area contributed by atoms with E-state index < -0.39 is 11.9 Å². The van der Waals surface area contributed by atoms with Crippen molar-refractivity contribution in [1.82, 2.24) is 20.2 Å². The van der Waals surface area contributed by atoms with Gasteiger partial charge in [-0.1, -0.05) is 23.2 Å². The molecule has 11 heteroatoms. The first-order chi connectivity index (χ1) is 18.3. The SMILES string of the molecule is C[C@@H](Oc1ccc2[nH]nc(-c3cnc(N4CC(N)(C5CCOCC5)C4)c(F)c3)c2c1)c1c(Cl)cncc1Cl. The van der Waals surface area contributed by atoms with Gasteiger partial charge in [0.25, 0.3) is 0 Å². The molecule has 2 saturated heterocycles. The van der Waals surface area contributed by atoms with Gasteiger partial charge in [-0.05, 0) is 49.9 Å². The number of nitrogens with two attached hydrogens (primary N) is 1. The molecule has 3 N–H and O–H groups in total. The highest BCUT2D eigenvalue weighted by Crippen LogP contribution is 2.38. The van der Waals surface area contributed by atoms with Crippen molar-refractivity contribution in [2.24, 2.45) is 11.7 Å². The largest absolute Gasteiger partial charge is 0.486 e. The van der Waals surface area contributed by atoms with Crippen LogP contribution in [0.15, 0.2) is 42.9 Å². The van der Waals surface area contributed by atoms with E-state index in [1.807, 2.05) is 30.0 Å². The first kappa shape index (κ1) is 25.3. The summed E-state index contributed by atoms with van der Waals surface area (Å²) in [5.74, 6) is 0.881. The van der Waals surface area contributed by atoms with Crippen molar-refractivity contribution < 1.29 is 13.9 Å². The van der Waals surface area contributed by atoms with E-state index in [2.05, 4.69) is 20.2 Å². The standard InChI is InChI=1S/C27H27Cl2FN6O2/c1-15(24-20(28)11-32-12-21(24)29)38-18-2-3-23-19(9-18)25(35-34-23)16-8-22(30)26(33-10-16)36-13-27(31,14-36)17-4-6-37-7-5-17/h2-3,8-12,15,17H,4-7,13-14,31H2,1H3,(H,34,35)/t15-/m1/s1. The molecule has 1 atom stereocenters. The molecule has 1 aromatic carbocycles. The summed E-state index contributed by atoms with van der Waals surface area (Å²) in [6.45, 7) is 4.49. The second kappa shape index (κ2) is 9.96. The van der Waals surface area contributed by atoms with Crippen LogP contribution < -0.4 is 15.4 Å². The Hall–Kier alpha value is -2.98. The summed E-state index contributed by atoms with van der Waals surface area (Å²) in [6, 6.07) is 7.01. The fraction of sp³-hybridized carbons (Fsp3) is 0.370. The molecule has 0 amide bonds. The summed E-state index contributed by atoms with van der Waals surface area (Å²) in [4.78, 5) is 10.3. The van der Waals surface area contributed by atoms with Gasteiger partial charge in [-0.2, -0.15) is 5.10 Å². The van der Waals surface area contributed by atoms with Crippen LogP contribution in [-0.2, 0) is 4.74 Å². The Balaban J connectivity index is 1.22. The number of aromatic nitrogens is 4. The molecular weight excluding hydrogens is 530 g/mol. The number of aromatic amines is 1. The van der Waals surface area contributed by atoms with Crippen LogP contribution in [0.3, 0.4) is 0 Å². The van der Waals surface area contributed by atoms with Crippen LogP contribution in [0.1, 0.15) is 31.4 Å². The number of hydrogen-bond acceptors (Lipinski definition) is 7. The third-order valence-electron chi connectivity index (χ3n) is 7.54. The molecule has 0 aliphatic carbocycles. The molecule has 38 heavy (non-hydrogen) atoms. The van der Waals surface area contributed by atoms with Crippen LogP contribution >= 0.6 is 23.2 Å². The molecule has 6 rings (SSSR count). The van der Waals surface area contributed by atoms with Gasteiger partial charge >= 0.3 is 0 Å². The van der Waals surface area contributed by atoms with E-state index in [-0.39, 0.29) is 5.54 Å². The molecule has 8 nitrogen and oxygen atoms in total. The molecule has 2 aliphatic rings. The summed E-state index contributed by atoms with van der Waals surface area (Å²) in [7, 11) is 0. The van der Waals surface area contributed by atoms with Gasteiger partial charge < -0.3 is 20.1 Å². The Labute approximate surface area is 229 Å². The summed E-state index contributed by atoms with van der Waals surface area (Å²) in [5, 5.41) is 9.06. The Morgan fingerprint density at radius 2 is 1.89 bits per heavy atom. The lowest BCUT2D eigenvalue weighted by atomic mass is 9.74. The quantitative estimate of drug-likeness (QED) is 0.321. The maximum Gasteiger partial charge on any atom is 0.166 e. The smallest absolute Gasteiger partial charge is 0.166 e. The van der Waals surface area contributed by atoms with E-state index in [1.54, 1.807) is 6.20 Å². The van der Waals surface area contributed by atoms with Gasteiger partial charge in [0.1, 0.15) is 17.5 Å². The highest BCUT2D eigenvalue weighted by atomic mass is 35.5. The average molecular weight is 557 g/mol. The minimum Gasteiger partial charge on any atom is -0.486 e. The van der Waals surface area contributed by atoms with Crippen LogP contribution in [-0.4, -0.2) is 52.0 Å². The van der Waals surface area contributed by atoms with Crippen molar-refractivity contribution in [3.8, 4) is 17.0 Å². The Kier molecular flexibility index (Phi) is 6.63. The number of nitrogens with zero attached hydrogens (tertiary/aromatic N) is 4.